The number of rotatable bonds is 2. The second-order valence-electron chi connectivity index (χ2n) is 4.09. The molecule has 0 bridgehead atoms. The molecule has 0 aliphatic carbocycles. The van der Waals surface area contributed by atoms with Gasteiger partial charge in [-0.25, -0.2) is 0 Å². The molecule has 2 rings (SSSR count). The number of nitrogen functional groups attached to an aromatic ring is 1. The molecule has 3 N–H and O–H groups in total. The van der Waals surface area contributed by atoms with Crippen molar-refractivity contribution in [1.82, 2.24) is 5.32 Å². The van der Waals surface area contributed by atoms with Gasteiger partial charge < -0.3 is 16.0 Å². The third-order valence-corrected chi connectivity index (χ3v) is 2.91. The first-order valence-electron chi connectivity index (χ1n) is 5.68. The van der Waals surface area contributed by atoms with Gasteiger partial charge in [0.1, 0.15) is 5.69 Å². The summed E-state index contributed by atoms with van der Waals surface area (Å²) in [6.07, 6.45) is 1.07. The van der Waals surface area contributed by atoms with Crippen LogP contribution in [0, 0.1) is 10.1 Å². The van der Waals surface area contributed by atoms with Crippen molar-refractivity contribution in [3.05, 3.63) is 28.3 Å². The molecule has 0 amide bonds. The van der Waals surface area contributed by atoms with E-state index >= 15 is 0 Å². The maximum atomic E-state index is 10.7. The van der Waals surface area contributed by atoms with Crippen LogP contribution < -0.4 is 16.0 Å². The topological polar surface area (TPSA) is 84.4 Å². The van der Waals surface area contributed by atoms with E-state index in [1.807, 2.05) is 0 Å². The van der Waals surface area contributed by atoms with Crippen LogP contribution in [0.5, 0.6) is 0 Å². The third-order valence-electron chi connectivity index (χ3n) is 2.91. The van der Waals surface area contributed by atoms with Gasteiger partial charge in [-0.2, -0.15) is 0 Å². The average molecular weight is 236 g/mol. The molecule has 1 fully saturated rings. The molecule has 1 aliphatic rings. The summed E-state index contributed by atoms with van der Waals surface area (Å²) in [6, 6.07) is 4.92. The molecule has 6 nitrogen and oxygen atoms in total. The standard InChI is InChI=1S/C11H16N4O2/c12-10-8-9(2-3-11(10)15(16)17)14-6-1-4-13-5-7-14/h2-3,8,13H,1,4-7,12H2. The van der Waals surface area contributed by atoms with Gasteiger partial charge >= 0.3 is 0 Å². The van der Waals surface area contributed by atoms with Gasteiger partial charge in [0.05, 0.1) is 4.92 Å². The lowest BCUT2D eigenvalue weighted by Gasteiger charge is -2.22. The molecule has 92 valence electrons. The van der Waals surface area contributed by atoms with Crippen molar-refractivity contribution >= 4 is 17.1 Å². The highest BCUT2D eigenvalue weighted by molar-refractivity contribution is 5.66. The van der Waals surface area contributed by atoms with E-state index in [2.05, 4.69) is 10.2 Å². The number of nitrogens with one attached hydrogen (secondary N) is 1. The molecule has 1 aromatic rings. The Kier molecular flexibility index (Phi) is 3.43. The van der Waals surface area contributed by atoms with Crippen LogP contribution in [-0.4, -0.2) is 31.1 Å². The molecule has 0 unspecified atom stereocenters. The highest BCUT2D eigenvalue weighted by Crippen LogP contribution is 2.27. The zero-order chi connectivity index (χ0) is 12.3. The summed E-state index contributed by atoms with van der Waals surface area (Å²) in [5.41, 5.74) is 6.84. The second-order valence-corrected chi connectivity index (χ2v) is 4.09. The van der Waals surface area contributed by atoms with Gasteiger partial charge in [-0.15, -0.1) is 0 Å². The molecule has 0 saturated carbocycles. The number of hydrogen-bond acceptors (Lipinski definition) is 5. The lowest BCUT2D eigenvalue weighted by atomic mass is 10.2. The summed E-state index contributed by atoms with van der Waals surface area (Å²) in [7, 11) is 0. The molecule has 0 spiro atoms. The van der Waals surface area contributed by atoms with Crippen molar-refractivity contribution in [1.29, 1.82) is 0 Å². The summed E-state index contributed by atoms with van der Waals surface area (Å²) in [4.78, 5) is 12.4. The Morgan fingerprint density at radius 3 is 2.88 bits per heavy atom. The Balaban J connectivity index is 2.21. The molecule has 0 atom stereocenters. The van der Waals surface area contributed by atoms with E-state index in [4.69, 9.17) is 5.73 Å². The smallest absolute Gasteiger partial charge is 0.292 e. The van der Waals surface area contributed by atoms with Crippen molar-refractivity contribution in [3.8, 4) is 0 Å². The molecule has 1 aliphatic heterocycles. The molecule has 6 heteroatoms. The minimum Gasteiger partial charge on any atom is -0.393 e. The molecular weight excluding hydrogens is 220 g/mol. The fourth-order valence-electron chi connectivity index (χ4n) is 2.01. The van der Waals surface area contributed by atoms with Gasteiger partial charge in [-0.3, -0.25) is 10.1 Å². The van der Waals surface area contributed by atoms with Gasteiger partial charge in [0, 0.05) is 31.4 Å². The summed E-state index contributed by atoms with van der Waals surface area (Å²) >= 11 is 0. The first kappa shape index (κ1) is 11.7. The van der Waals surface area contributed by atoms with Crippen LogP contribution in [0.3, 0.4) is 0 Å². The van der Waals surface area contributed by atoms with Crippen LogP contribution in [0.4, 0.5) is 17.1 Å². The normalized spacial score (nSPS) is 16.6. The van der Waals surface area contributed by atoms with E-state index < -0.39 is 4.92 Å². The monoisotopic (exact) mass is 236 g/mol. The van der Waals surface area contributed by atoms with Crippen LogP contribution in [0.1, 0.15) is 6.42 Å². The van der Waals surface area contributed by atoms with Gasteiger partial charge in [0.25, 0.3) is 5.69 Å². The van der Waals surface area contributed by atoms with Gasteiger partial charge in [-0.05, 0) is 25.1 Å². The van der Waals surface area contributed by atoms with Crippen molar-refractivity contribution in [3.63, 3.8) is 0 Å². The molecule has 17 heavy (non-hydrogen) atoms. The lowest BCUT2D eigenvalue weighted by Crippen LogP contribution is -2.27. The maximum absolute atomic E-state index is 10.7. The van der Waals surface area contributed by atoms with Crippen molar-refractivity contribution < 1.29 is 4.92 Å². The van der Waals surface area contributed by atoms with E-state index in [1.54, 1.807) is 12.1 Å². The predicted octanol–water partition coefficient (Wildman–Crippen LogP) is 0.977. The Hall–Kier alpha value is -1.82. The number of nitrogens with zero attached hydrogens (tertiary/aromatic N) is 2. The molecule has 1 heterocycles. The zero-order valence-corrected chi connectivity index (χ0v) is 9.56. The number of nitro groups is 1. The Bertz CT molecular complexity index is 414. The maximum Gasteiger partial charge on any atom is 0.292 e. The van der Waals surface area contributed by atoms with E-state index in [9.17, 15) is 10.1 Å². The van der Waals surface area contributed by atoms with E-state index in [1.165, 1.54) is 6.07 Å². The fourth-order valence-corrected chi connectivity index (χ4v) is 2.01. The highest BCUT2D eigenvalue weighted by atomic mass is 16.6. The van der Waals surface area contributed by atoms with E-state index in [0.29, 0.717) is 0 Å². The Labute approximate surface area is 99.6 Å². The SMILES string of the molecule is Nc1cc(N2CCCNCC2)ccc1[N+](=O)[O-]. The third kappa shape index (κ3) is 2.65. The first-order valence-corrected chi connectivity index (χ1v) is 5.68. The van der Waals surface area contributed by atoms with E-state index in [-0.39, 0.29) is 11.4 Å². The number of hydrogen-bond donors (Lipinski definition) is 2. The predicted molar refractivity (Wildman–Crippen MR) is 67.2 cm³/mol. The first-order chi connectivity index (χ1) is 8.18. The summed E-state index contributed by atoms with van der Waals surface area (Å²) in [6.45, 7) is 3.79. The van der Waals surface area contributed by atoms with Crippen LogP contribution in [0.25, 0.3) is 0 Å². The minimum absolute atomic E-state index is 0.0262. The average Bonchev–Trinajstić information content (AvgIpc) is 2.56. The highest BCUT2D eigenvalue weighted by Gasteiger charge is 2.15. The molecule has 1 saturated heterocycles. The van der Waals surface area contributed by atoms with Crippen LogP contribution in [0.2, 0.25) is 0 Å². The van der Waals surface area contributed by atoms with E-state index in [0.717, 1.165) is 38.3 Å². The van der Waals surface area contributed by atoms with Gasteiger partial charge in [0.2, 0.25) is 0 Å². The molecule has 1 aromatic carbocycles. The van der Waals surface area contributed by atoms with Crippen molar-refractivity contribution in [2.24, 2.45) is 0 Å². The van der Waals surface area contributed by atoms with Gasteiger partial charge in [0.15, 0.2) is 0 Å². The number of anilines is 2. The Morgan fingerprint density at radius 1 is 1.35 bits per heavy atom. The second kappa shape index (κ2) is 5.01. The summed E-state index contributed by atoms with van der Waals surface area (Å²) < 4.78 is 0. The van der Waals surface area contributed by atoms with Crippen molar-refractivity contribution in [2.45, 2.75) is 6.42 Å². The van der Waals surface area contributed by atoms with Crippen LogP contribution in [-0.2, 0) is 0 Å². The number of nitro benzene ring substituents is 1. The molecule has 0 aromatic heterocycles. The number of nitrogens with two attached hydrogens (primary N) is 1. The molecule has 0 radical (unpaired) electrons. The van der Waals surface area contributed by atoms with Crippen molar-refractivity contribution in [2.75, 3.05) is 36.8 Å². The number of benzene rings is 1. The minimum atomic E-state index is -0.455. The van der Waals surface area contributed by atoms with Crippen LogP contribution in [0.15, 0.2) is 18.2 Å². The fraction of sp³-hybridized carbons (Fsp3) is 0.455. The summed E-state index contributed by atoms with van der Waals surface area (Å²) in [5.74, 6) is 0. The zero-order valence-electron chi connectivity index (χ0n) is 9.56. The van der Waals surface area contributed by atoms with Crippen LogP contribution >= 0.6 is 0 Å². The Morgan fingerprint density at radius 2 is 2.18 bits per heavy atom. The van der Waals surface area contributed by atoms with Gasteiger partial charge in [-0.1, -0.05) is 0 Å². The lowest BCUT2D eigenvalue weighted by molar-refractivity contribution is -0.383. The molecular formula is C11H16N4O2. The largest absolute Gasteiger partial charge is 0.393 e. The quantitative estimate of drug-likeness (QED) is 0.454. The summed E-state index contributed by atoms with van der Waals surface area (Å²) in [5, 5.41) is 14.0.